The van der Waals surface area contributed by atoms with Crippen molar-refractivity contribution in [2.24, 2.45) is 0 Å². The molecule has 120 valence electrons. The van der Waals surface area contributed by atoms with E-state index in [2.05, 4.69) is 99.5 Å². The minimum absolute atomic E-state index is 0.823. The zero-order valence-electron chi connectivity index (χ0n) is 13.6. The van der Waals surface area contributed by atoms with Gasteiger partial charge in [0.15, 0.2) is 0 Å². The number of halogens is 1. The molecule has 0 unspecified atom stereocenters. The van der Waals surface area contributed by atoms with Crippen molar-refractivity contribution < 1.29 is 0 Å². The molecule has 3 heteroatoms. The van der Waals surface area contributed by atoms with Crippen LogP contribution in [-0.2, 0) is 13.1 Å². The number of nitrogens with zero attached hydrogens (tertiary/aromatic N) is 1. The third-order valence-corrected chi connectivity index (χ3v) is 5.02. The Balaban J connectivity index is 1.70. The molecule has 1 aromatic heterocycles. The van der Waals surface area contributed by atoms with Gasteiger partial charge in [-0.3, -0.25) is 0 Å². The maximum absolute atomic E-state index is 3.49. The van der Waals surface area contributed by atoms with Gasteiger partial charge in [-0.05, 0) is 55.0 Å². The summed E-state index contributed by atoms with van der Waals surface area (Å²) in [5.41, 5.74) is 5.05. The third kappa shape index (κ3) is 2.69. The highest BCUT2D eigenvalue weighted by molar-refractivity contribution is 9.10. The Hall–Kier alpha value is -2.26. The SMILES string of the molecule is CCn1c2ccccc2c2cc(CNc3ccc(Br)cc3)ccc21. The number of aryl methyl sites for hydroxylation is 1. The minimum atomic E-state index is 0.823. The highest BCUT2D eigenvalue weighted by atomic mass is 79.9. The molecular formula is C21H19BrN2. The fourth-order valence-corrected chi connectivity index (χ4v) is 3.59. The van der Waals surface area contributed by atoms with E-state index in [0.29, 0.717) is 0 Å². The van der Waals surface area contributed by atoms with E-state index in [4.69, 9.17) is 0 Å². The quantitative estimate of drug-likeness (QED) is 0.447. The molecular weight excluding hydrogens is 360 g/mol. The molecule has 0 aliphatic carbocycles. The summed E-state index contributed by atoms with van der Waals surface area (Å²) in [6.45, 7) is 4.01. The predicted molar refractivity (Wildman–Crippen MR) is 107 cm³/mol. The summed E-state index contributed by atoms with van der Waals surface area (Å²) in [5, 5.41) is 6.16. The van der Waals surface area contributed by atoms with Gasteiger partial charge in [0, 0.05) is 45.1 Å². The molecule has 2 nitrogen and oxygen atoms in total. The Morgan fingerprint density at radius 1 is 0.875 bits per heavy atom. The van der Waals surface area contributed by atoms with Crippen LogP contribution < -0.4 is 5.32 Å². The monoisotopic (exact) mass is 378 g/mol. The van der Waals surface area contributed by atoms with Gasteiger partial charge >= 0.3 is 0 Å². The molecule has 0 radical (unpaired) electrons. The van der Waals surface area contributed by atoms with Crippen LogP contribution in [0.2, 0.25) is 0 Å². The van der Waals surface area contributed by atoms with Crippen molar-refractivity contribution >= 4 is 43.4 Å². The molecule has 0 fully saturated rings. The molecule has 3 aromatic carbocycles. The molecule has 0 amide bonds. The fourth-order valence-electron chi connectivity index (χ4n) is 3.32. The predicted octanol–water partition coefficient (Wildman–Crippen LogP) is 6.19. The first-order chi connectivity index (χ1) is 11.8. The average molecular weight is 379 g/mol. The summed E-state index contributed by atoms with van der Waals surface area (Å²) in [6, 6.07) is 23.7. The standard InChI is InChI=1S/C21H19BrN2/c1-2-24-20-6-4-3-5-18(20)19-13-15(7-12-21(19)24)14-23-17-10-8-16(22)9-11-17/h3-13,23H,2,14H2,1H3. The van der Waals surface area contributed by atoms with Gasteiger partial charge in [0.2, 0.25) is 0 Å². The molecule has 0 saturated carbocycles. The van der Waals surface area contributed by atoms with Crippen LogP contribution >= 0.6 is 15.9 Å². The van der Waals surface area contributed by atoms with Crippen LogP contribution in [0.4, 0.5) is 5.69 Å². The molecule has 4 rings (SSSR count). The van der Waals surface area contributed by atoms with Crippen molar-refractivity contribution in [1.82, 2.24) is 4.57 Å². The van der Waals surface area contributed by atoms with Crippen LogP contribution in [0.25, 0.3) is 21.8 Å². The largest absolute Gasteiger partial charge is 0.381 e. The molecule has 1 N–H and O–H groups in total. The lowest BCUT2D eigenvalue weighted by Gasteiger charge is -2.08. The Kier molecular flexibility index (Phi) is 4.03. The van der Waals surface area contributed by atoms with Crippen LogP contribution in [-0.4, -0.2) is 4.57 Å². The molecule has 0 saturated heterocycles. The average Bonchev–Trinajstić information content (AvgIpc) is 2.94. The van der Waals surface area contributed by atoms with Crippen LogP contribution in [0.15, 0.2) is 71.2 Å². The van der Waals surface area contributed by atoms with Crippen molar-refractivity contribution in [1.29, 1.82) is 0 Å². The van der Waals surface area contributed by atoms with E-state index < -0.39 is 0 Å². The zero-order chi connectivity index (χ0) is 16.5. The van der Waals surface area contributed by atoms with E-state index in [-0.39, 0.29) is 0 Å². The first-order valence-electron chi connectivity index (χ1n) is 8.25. The lowest BCUT2D eigenvalue weighted by Crippen LogP contribution is -1.99. The second-order valence-electron chi connectivity index (χ2n) is 5.97. The maximum atomic E-state index is 3.49. The molecule has 24 heavy (non-hydrogen) atoms. The summed E-state index contributed by atoms with van der Waals surface area (Å²) in [4.78, 5) is 0. The zero-order valence-corrected chi connectivity index (χ0v) is 15.2. The summed E-state index contributed by atoms with van der Waals surface area (Å²) in [7, 11) is 0. The van der Waals surface area contributed by atoms with Crippen LogP contribution in [0.1, 0.15) is 12.5 Å². The number of aromatic nitrogens is 1. The van der Waals surface area contributed by atoms with Crippen molar-refractivity contribution in [2.45, 2.75) is 20.0 Å². The molecule has 1 heterocycles. The summed E-state index contributed by atoms with van der Waals surface area (Å²) >= 11 is 3.47. The molecule has 0 spiro atoms. The van der Waals surface area contributed by atoms with Gasteiger partial charge in [0.05, 0.1) is 0 Å². The van der Waals surface area contributed by atoms with Crippen molar-refractivity contribution in [3.8, 4) is 0 Å². The van der Waals surface area contributed by atoms with E-state index >= 15 is 0 Å². The van der Waals surface area contributed by atoms with Crippen molar-refractivity contribution in [2.75, 3.05) is 5.32 Å². The number of hydrogen-bond acceptors (Lipinski definition) is 1. The molecule has 0 atom stereocenters. The second-order valence-corrected chi connectivity index (χ2v) is 6.89. The minimum Gasteiger partial charge on any atom is -0.381 e. The van der Waals surface area contributed by atoms with Crippen molar-refractivity contribution in [3.63, 3.8) is 0 Å². The van der Waals surface area contributed by atoms with Gasteiger partial charge in [-0.2, -0.15) is 0 Å². The van der Waals surface area contributed by atoms with E-state index in [1.54, 1.807) is 0 Å². The molecule has 0 aliphatic rings. The molecule has 0 aliphatic heterocycles. The Bertz CT molecular complexity index is 1000. The number of fused-ring (bicyclic) bond motifs is 3. The summed E-state index contributed by atoms with van der Waals surface area (Å²) in [5.74, 6) is 0. The number of rotatable bonds is 4. The number of hydrogen-bond donors (Lipinski definition) is 1. The number of nitrogens with one attached hydrogen (secondary N) is 1. The Morgan fingerprint density at radius 2 is 1.62 bits per heavy atom. The third-order valence-electron chi connectivity index (χ3n) is 4.49. The number of anilines is 1. The van der Waals surface area contributed by atoms with Gasteiger partial charge in [-0.1, -0.05) is 40.2 Å². The van der Waals surface area contributed by atoms with E-state index in [1.807, 2.05) is 0 Å². The van der Waals surface area contributed by atoms with Crippen LogP contribution in [0.3, 0.4) is 0 Å². The van der Waals surface area contributed by atoms with Gasteiger partial charge in [-0.15, -0.1) is 0 Å². The highest BCUT2D eigenvalue weighted by Crippen LogP contribution is 2.29. The van der Waals surface area contributed by atoms with Crippen LogP contribution in [0.5, 0.6) is 0 Å². The summed E-state index contributed by atoms with van der Waals surface area (Å²) < 4.78 is 3.48. The van der Waals surface area contributed by atoms with Gasteiger partial charge < -0.3 is 9.88 Å². The topological polar surface area (TPSA) is 17.0 Å². The van der Waals surface area contributed by atoms with E-state index in [0.717, 1.165) is 23.2 Å². The number of benzene rings is 3. The smallest absolute Gasteiger partial charge is 0.0491 e. The van der Waals surface area contributed by atoms with Gasteiger partial charge in [0.25, 0.3) is 0 Å². The molecule has 4 aromatic rings. The van der Waals surface area contributed by atoms with Crippen molar-refractivity contribution in [3.05, 3.63) is 76.8 Å². The second kappa shape index (κ2) is 6.33. The highest BCUT2D eigenvalue weighted by Gasteiger charge is 2.09. The lowest BCUT2D eigenvalue weighted by atomic mass is 10.1. The van der Waals surface area contributed by atoms with E-state index in [1.165, 1.54) is 27.4 Å². The van der Waals surface area contributed by atoms with Gasteiger partial charge in [0.1, 0.15) is 0 Å². The van der Waals surface area contributed by atoms with Crippen LogP contribution in [0, 0.1) is 0 Å². The Morgan fingerprint density at radius 3 is 2.42 bits per heavy atom. The normalized spacial score (nSPS) is 11.2. The maximum Gasteiger partial charge on any atom is 0.0491 e. The van der Waals surface area contributed by atoms with Gasteiger partial charge in [-0.25, -0.2) is 0 Å². The summed E-state index contributed by atoms with van der Waals surface area (Å²) in [6.07, 6.45) is 0. The first kappa shape index (κ1) is 15.3. The fraction of sp³-hybridized carbons (Fsp3) is 0.143. The Labute approximate surface area is 150 Å². The first-order valence-corrected chi connectivity index (χ1v) is 9.05. The lowest BCUT2D eigenvalue weighted by molar-refractivity contribution is 0.827. The molecule has 0 bridgehead atoms. The van der Waals surface area contributed by atoms with E-state index in [9.17, 15) is 0 Å². The number of para-hydroxylation sites is 1.